The lowest BCUT2D eigenvalue weighted by molar-refractivity contribution is -0.119. The van der Waals surface area contributed by atoms with Gasteiger partial charge in [-0.3, -0.25) is 4.79 Å². The van der Waals surface area contributed by atoms with E-state index in [2.05, 4.69) is 21.8 Å². The van der Waals surface area contributed by atoms with Gasteiger partial charge in [-0.05, 0) is 67.5 Å². The number of carbonyl (C=O) groups is 1. The van der Waals surface area contributed by atoms with Crippen LogP contribution in [0.15, 0.2) is 51.8 Å². The molecule has 5 rings (SSSR count). The van der Waals surface area contributed by atoms with Gasteiger partial charge in [-0.15, -0.1) is 4.40 Å². The normalized spacial score (nSPS) is 21.9. The lowest BCUT2D eigenvalue weighted by Gasteiger charge is -2.25. The number of sulfonamides is 1. The average Bonchev–Trinajstić information content (AvgIpc) is 3.39. The summed E-state index contributed by atoms with van der Waals surface area (Å²) in [5.74, 6) is 0.280. The minimum atomic E-state index is -3.69. The zero-order chi connectivity index (χ0) is 19.3. The number of rotatable bonds is 2. The Morgan fingerprint density at radius 1 is 1.07 bits per heavy atom. The van der Waals surface area contributed by atoms with Crippen LogP contribution in [-0.4, -0.2) is 37.6 Å². The van der Waals surface area contributed by atoms with E-state index in [1.54, 1.807) is 24.3 Å². The van der Waals surface area contributed by atoms with Crippen molar-refractivity contribution in [1.29, 1.82) is 0 Å². The number of nitrogens with one attached hydrogen (secondary N) is 1. The van der Waals surface area contributed by atoms with Crippen molar-refractivity contribution in [3.05, 3.63) is 59.2 Å². The fraction of sp³-hybridized carbons (Fsp3) is 0.333. The Morgan fingerprint density at radius 2 is 1.89 bits per heavy atom. The van der Waals surface area contributed by atoms with Gasteiger partial charge in [-0.1, -0.05) is 18.2 Å². The Bertz CT molecular complexity index is 1110. The van der Waals surface area contributed by atoms with Crippen molar-refractivity contribution in [2.75, 3.05) is 11.9 Å². The summed E-state index contributed by atoms with van der Waals surface area (Å²) in [4.78, 5) is 15.1. The molecule has 1 atom stereocenters. The van der Waals surface area contributed by atoms with Gasteiger partial charge in [0.15, 0.2) is 5.84 Å². The molecule has 1 aliphatic carbocycles. The van der Waals surface area contributed by atoms with Crippen LogP contribution in [0, 0.1) is 0 Å². The van der Waals surface area contributed by atoms with Gasteiger partial charge >= 0.3 is 0 Å². The molecule has 1 saturated heterocycles. The highest BCUT2D eigenvalue weighted by atomic mass is 32.2. The number of benzene rings is 2. The summed E-state index contributed by atoms with van der Waals surface area (Å²) in [7, 11) is -3.69. The number of amidine groups is 1. The Labute approximate surface area is 164 Å². The molecule has 7 heteroatoms. The number of fused-ring (bicyclic) bond motifs is 2. The molecule has 2 aromatic carbocycles. The van der Waals surface area contributed by atoms with Gasteiger partial charge in [0.1, 0.15) is 10.9 Å². The van der Waals surface area contributed by atoms with Gasteiger partial charge in [0, 0.05) is 17.8 Å². The van der Waals surface area contributed by atoms with Gasteiger partial charge < -0.3 is 10.2 Å². The number of likely N-dealkylation sites (tertiary alicyclic amines) is 1. The van der Waals surface area contributed by atoms with Gasteiger partial charge in [0.05, 0.1) is 0 Å². The zero-order valence-electron chi connectivity index (χ0n) is 15.4. The van der Waals surface area contributed by atoms with Crippen LogP contribution >= 0.6 is 0 Å². The second kappa shape index (κ2) is 6.44. The first-order valence-electron chi connectivity index (χ1n) is 9.67. The van der Waals surface area contributed by atoms with Crippen LogP contribution in [-0.2, 0) is 27.7 Å². The third kappa shape index (κ3) is 2.81. The molecule has 0 saturated carbocycles. The number of carbonyl (C=O) groups excluding carboxylic acids is 1. The van der Waals surface area contributed by atoms with Crippen LogP contribution in [0.5, 0.6) is 0 Å². The van der Waals surface area contributed by atoms with E-state index in [0.29, 0.717) is 24.4 Å². The third-order valence-electron chi connectivity index (χ3n) is 5.81. The molecule has 6 nitrogen and oxygen atoms in total. The number of aryl methyl sites for hydroxylation is 2. The van der Waals surface area contributed by atoms with Gasteiger partial charge in [-0.25, -0.2) is 0 Å². The molecule has 28 heavy (non-hydrogen) atoms. The molecule has 0 aromatic heterocycles. The predicted molar refractivity (Wildman–Crippen MR) is 107 cm³/mol. The summed E-state index contributed by atoms with van der Waals surface area (Å²) in [6.45, 7) is 0.616. The molecular formula is C21H21N3O3S. The second-order valence-electron chi connectivity index (χ2n) is 7.56. The van der Waals surface area contributed by atoms with Crippen molar-refractivity contribution in [2.45, 2.75) is 43.0 Å². The van der Waals surface area contributed by atoms with E-state index in [0.717, 1.165) is 31.4 Å². The molecule has 2 aliphatic heterocycles. The smallest absolute Gasteiger partial charge is 0.285 e. The zero-order valence-corrected chi connectivity index (χ0v) is 16.2. The molecule has 0 radical (unpaired) electrons. The average molecular weight is 395 g/mol. The fourth-order valence-corrected chi connectivity index (χ4v) is 5.68. The first-order valence-corrected chi connectivity index (χ1v) is 11.1. The van der Waals surface area contributed by atoms with Gasteiger partial charge in [0.25, 0.3) is 10.0 Å². The fourth-order valence-electron chi connectivity index (χ4n) is 4.46. The second-order valence-corrected chi connectivity index (χ2v) is 9.14. The molecule has 0 spiro atoms. The number of amides is 1. The summed E-state index contributed by atoms with van der Waals surface area (Å²) in [6.07, 6.45) is 4.83. The minimum Gasteiger partial charge on any atom is -0.343 e. The molecule has 2 heterocycles. The number of anilines is 1. The maximum absolute atomic E-state index is 13.0. The molecule has 144 valence electrons. The summed E-state index contributed by atoms with van der Waals surface area (Å²) in [5, 5.41) is 3.03. The summed E-state index contributed by atoms with van der Waals surface area (Å²) in [5.41, 5.74) is 4.06. The Kier molecular flexibility index (Phi) is 4.01. The van der Waals surface area contributed by atoms with Gasteiger partial charge in [-0.2, -0.15) is 8.42 Å². The van der Waals surface area contributed by atoms with Crippen molar-refractivity contribution in [3.8, 4) is 0 Å². The van der Waals surface area contributed by atoms with Crippen molar-refractivity contribution in [3.63, 3.8) is 0 Å². The molecule has 1 N–H and O–H groups in total. The van der Waals surface area contributed by atoms with E-state index in [9.17, 15) is 13.2 Å². The first kappa shape index (κ1) is 17.4. The molecular weight excluding hydrogens is 374 g/mol. The minimum absolute atomic E-state index is 0.111. The highest BCUT2D eigenvalue weighted by Gasteiger charge is 2.39. The Morgan fingerprint density at radius 3 is 2.79 bits per heavy atom. The predicted octanol–water partition coefficient (Wildman–Crippen LogP) is 2.73. The number of nitrogens with zero attached hydrogens (tertiary/aromatic N) is 2. The SMILES string of the molecule is O=C(Nc1ccc2c(c1)CCC2)[C@@H]1CCCN1C1=NS(=O)(=O)c2ccccc21. The Balaban J connectivity index is 1.41. The van der Waals surface area contributed by atoms with E-state index in [-0.39, 0.29) is 10.8 Å². The summed E-state index contributed by atoms with van der Waals surface area (Å²) < 4.78 is 28.8. The first-order chi connectivity index (χ1) is 13.5. The number of hydrogen-bond donors (Lipinski definition) is 1. The van der Waals surface area contributed by atoms with Crippen LogP contribution in [0.2, 0.25) is 0 Å². The van der Waals surface area contributed by atoms with E-state index < -0.39 is 16.1 Å². The number of hydrogen-bond acceptors (Lipinski definition) is 4. The van der Waals surface area contributed by atoms with Crippen LogP contribution < -0.4 is 5.32 Å². The molecule has 3 aliphatic rings. The molecule has 2 aromatic rings. The van der Waals surface area contributed by atoms with Crippen LogP contribution in [0.4, 0.5) is 5.69 Å². The standard InChI is InChI=1S/C21H21N3O3S/c25-21(22-16-11-10-14-5-3-6-15(14)13-16)18-8-4-12-24(18)20-17-7-1-2-9-19(17)28(26,27)23-20/h1-2,7,9-11,13,18H,3-6,8,12H2,(H,22,25)/t18-/m0/s1. The van der Waals surface area contributed by atoms with Crippen LogP contribution in [0.1, 0.15) is 36.0 Å². The topological polar surface area (TPSA) is 78.8 Å². The third-order valence-corrected chi connectivity index (χ3v) is 7.13. The van der Waals surface area contributed by atoms with Gasteiger partial charge in [0.2, 0.25) is 5.91 Å². The van der Waals surface area contributed by atoms with Crippen molar-refractivity contribution in [2.24, 2.45) is 4.40 Å². The highest BCUT2D eigenvalue weighted by Crippen LogP contribution is 2.32. The molecule has 1 amide bonds. The maximum atomic E-state index is 13.0. The summed E-state index contributed by atoms with van der Waals surface area (Å²) >= 11 is 0. The van der Waals surface area contributed by atoms with E-state index in [1.807, 2.05) is 11.0 Å². The highest BCUT2D eigenvalue weighted by molar-refractivity contribution is 7.90. The maximum Gasteiger partial charge on any atom is 0.285 e. The van der Waals surface area contributed by atoms with E-state index in [4.69, 9.17) is 0 Å². The summed E-state index contributed by atoms with van der Waals surface area (Å²) in [6, 6.07) is 12.5. The van der Waals surface area contributed by atoms with Crippen LogP contribution in [0.3, 0.4) is 0 Å². The largest absolute Gasteiger partial charge is 0.343 e. The quantitative estimate of drug-likeness (QED) is 0.848. The van der Waals surface area contributed by atoms with Crippen molar-refractivity contribution < 1.29 is 13.2 Å². The lowest BCUT2D eigenvalue weighted by atomic mass is 10.1. The van der Waals surface area contributed by atoms with Crippen molar-refractivity contribution >= 4 is 27.5 Å². The monoisotopic (exact) mass is 395 g/mol. The van der Waals surface area contributed by atoms with Crippen molar-refractivity contribution in [1.82, 2.24) is 4.90 Å². The van der Waals surface area contributed by atoms with E-state index in [1.165, 1.54) is 11.1 Å². The molecule has 1 fully saturated rings. The van der Waals surface area contributed by atoms with Crippen LogP contribution in [0.25, 0.3) is 0 Å². The Hall–Kier alpha value is -2.67. The van der Waals surface area contributed by atoms with E-state index >= 15 is 0 Å². The molecule has 0 unspecified atom stereocenters. The lowest BCUT2D eigenvalue weighted by Crippen LogP contribution is -2.43. The molecule has 0 bridgehead atoms.